The molecule has 0 aromatic heterocycles. The van der Waals surface area contributed by atoms with Crippen LogP contribution in [0.1, 0.15) is 47.6 Å². The Labute approximate surface area is 344 Å². The van der Waals surface area contributed by atoms with Crippen LogP contribution < -0.4 is 68.9 Å². The Bertz CT molecular complexity index is 1970. The monoisotopic (exact) mass is 748 g/mol. The van der Waals surface area contributed by atoms with E-state index in [1.165, 1.54) is 24.3 Å². The van der Waals surface area contributed by atoms with Crippen molar-refractivity contribution in [2.24, 2.45) is 0 Å². The zero-order valence-electron chi connectivity index (χ0n) is 28.5. The molecule has 5 rings (SSSR count). The molecule has 0 aliphatic rings. The van der Waals surface area contributed by atoms with E-state index in [1.807, 2.05) is 62.4 Å². The summed E-state index contributed by atoms with van der Waals surface area (Å²) in [5.41, 5.74) is 6.32. The van der Waals surface area contributed by atoms with E-state index in [9.17, 15) is 25.9 Å². The second-order valence-electron chi connectivity index (χ2n) is 11.4. The Hall–Kier alpha value is -2.19. The minimum Gasteiger partial charge on any atom is -0.744 e. The van der Waals surface area contributed by atoms with Crippen molar-refractivity contribution >= 4 is 43.2 Å². The van der Waals surface area contributed by atoms with Gasteiger partial charge in [-0.15, -0.1) is 0 Å². The minimum absolute atomic E-state index is 0. The molecule has 8 nitrogen and oxygen atoms in total. The zero-order valence-corrected chi connectivity index (χ0v) is 34.9. The van der Waals surface area contributed by atoms with Crippen molar-refractivity contribution in [2.75, 3.05) is 22.9 Å². The van der Waals surface area contributed by atoms with Crippen molar-refractivity contribution in [1.82, 2.24) is 0 Å². The molecule has 0 saturated carbocycles. The number of anilines is 2. The normalized spacial score (nSPS) is 11.4. The third-order valence-corrected chi connectivity index (χ3v) is 10.3. The molecule has 0 heterocycles. The Morgan fingerprint density at radius 1 is 0.580 bits per heavy atom. The zero-order chi connectivity index (χ0) is 34.5. The SMILES string of the molecule is CCN(Cc1cccc(S(=O)(=O)[O-])c1)c1ccc(C(c2ccc(N(CC)Cc3cccc(S(=O)(=O)[O-])c3)cc2)c2ccccc2Cl)cc1.[Na+].[Na+]. The van der Waals surface area contributed by atoms with Gasteiger partial charge in [0.2, 0.25) is 0 Å². The van der Waals surface area contributed by atoms with Crippen molar-refractivity contribution < 1.29 is 85.1 Å². The summed E-state index contributed by atoms with van der Waals surface area (Å²) in [6.07, 6.45) is 0. The smallest absolute Gasteiger partial charge is 0.744 e. The molecule has 0 amide bonds. The van der Waals surface area contributed by atoms with Crippen LogP contribution in [0.3, 0.4) is 0 Å². The molecule has 0 spiro atoms. The van der Waals surface area contributed by atoms with Gasteiger partial charge in [0.1, 0.15) is 20.2 Å². The fourth-order valence-corrected chi connectivity index (χ4v) is 7.15. The molecule has 0 radical (unpaired) electrons. The van der Waals surface area contributed by atoms with E-state index in [0.717, 1.165) is 39.2 Å². The third-order valence-electron chi connectivity index (χ3n) is 8.28. The number of rotatable bonds is 13. The van der Waals surface area contributed by atoms with E-state index in [0.29, 0.717) is 31.2 Å². The van der Waals surface area contributed by atoms with Gasteiger partial charge in [0.25, 0.3) is 0 Å². The summed E-state index contributed by atoms with van der Waals surface area (Å²) in [4.78, 5) is 3.71. The Morgan fingerprint density at radius 3 is 1.34 bits per heavy atom. The van der Waals surface area contributed by atoms with Crippen LogP contribution in [0.15, 0.2) is 131 Å². The first-order valence-corrected chi connectivity index (χ1v) is 18.6. The number of nitrogens with zero attached hydrogens (tertiary/aromatic N) is 2. The number of hydrogen-bond acceptors (Lipinski definition) is 8. The second-order valence-corrected chi connectivity index (χ2v) is 14.5. The van der Waals surface area contributed by atoms with Crippen molar-refractivity contribution in [3.8, 4) is 0 Å². The molecule has 0 atom stereocenters. The van der Waals surface area contributed by atoms with Gasteiger partial charge in [-0.25, -0.2) is 16.8 Å². The van der Waals surface area contributed by atoms with Gasteiger partial charge in [0, 0.05) is 48.5 Å². The maximum absolute atomic E-state index is 11.5. The van der Waals surface area contributed by atoms with E-state index in [4.69, 9.17) is 11.6 Å². The van der Waals surface area contributed by atoms with Gasteiger partial charge in [-0.05, 0) is 96.3 Å². The van der Waals surface area contributed by atoms with Crippen molar-refractivity contribution in [1.29, 1.82) is 0 Å². The maximum atomic E-state index is 11.5. The van der Waals surface area contributed by atoms with Crippen LogP contribution in [-0.2, 0) is 33.3 Å². The van der Waals surface area contributed by atoms with Gasteiger partial charge < -0.3 is 18.9 Å². The third kappa shape index (κ3) is 10.7. The van der Waals surface area contributed by atoms with Gasteiger partial charge in [0.15, 0.2) is 0 Å². The second kappa shape index (κ2) is 18.5. The van der Waals surface area contributed by atoms with Crippen LogP contribution in [0.25, 0.3) is 0 Å². The van der Waals surface area contributed by atoms with E-state index in [1.54, 1.807) is 24.3 Å². The number of halogens is 1. The molecule has 0 bridgehead atoms. The first-order chi connectivity index (χ1) is 22.9. The topological polar surface area (TPSA) is 121 Å². The standard InChI is InChI=1S/C37H37ClN2O6S2.2Na/c1-3-39(25-27-9-7-11-33(23-27)47(41,42)43)31-19-15-29(16-20-31)37(35-13-5-6-14-36(35)38)30-17-21-32(22-18-30)40(4-2)26-28-10-8-12-34(24-28)48(44,45)46;;/h5-24,37H,3-4,25-26H2,1-2H3,(H,41,42,43)(H,44,45,46);;/q;2*+1/p-2. The van der Waals surface area contributed by atoms with E-state index < -0.39 is 20.2 Å². The molecule has 0 fully saturated rings. The summed E-state index contributed by atoms with van der Waals surface area (Å²) in [6, 6.07) is 36.3. The van der Waals surface area contributed by atoms with Crippen LogP contribution >= 0.6 is 11.6 Å². The van der Waals surface area contributed by atoms with E-state index >= 15 is 0 Å². The van der Waals surface area contributed by atoms with Crippen LogP contribution in [0, 0.1) is 0 Å². The molecule has 0 unspecified atom stereocenters. The average molecular weight is 749 g/mol. The van der Waals surface area contributed by atoms with Crippen molar-refractivity contribution in [3.05, 3.63) is 154 Å². The van der Waals surface area contributed by atoms with Crippen molar-refractivity contribution in [2.45, 2.75) is 42.6 Å². The molecule has 13 heteroatoms. The molecule has 0 aliphatic carbocycles. The summed E-state index contributed by atoms with van der Waals surface area (Å²) in [7, 11) is -9.09. The van der Waals surface area contributed by atoms with Crippen LogP contribution in [0.4, 0.5) is 11.4 Å². The Balaban J connectivity index is 0.00000338. The van der Waals surface area contributed by atoms with Gasteiger partial charge in [-0.1, -0.05) is 78.3 Å². The molecule has 5 aromatic carbocycles. The Morgan fingerprint density at radius 2 is 0.980 bits per heavy atom. The van der Waals surface area contributed by atoms with Crippen LogP contribution in [0.2, 0.25) is 5.02 Å². The molecule has 250 valence electrons. The van der Waals surface area contributed by atoms with Gasteiger partial charge >= 0.3 is 59.1 Å². The summed E-state index contributed by atoms with van der Waals surface area (Å²) < 4.78 is 69.3. The van der Waals surface area contributed by atoms with Gasteiger partial charge in [-0.2, -0.15) is 0 Å². The molecule has 0 N–H and O–H groups in total. The fraction of sp³-hybridized carbons (Fsp3) is 0.189. The molecule has 0 aliphatic heterocycles. The molecule has 0 saturated heterocycles. The first kappa shape index (κ1) is 42.2. The van der Waals surface area contributed by atoms with E-state index in [2.05, 4.69) is 34.1 Å². The van der Waals surface area contributed by atoms with Crippen LogP contribution in [0.5, 0.6) is 0 Å². The predicted octanol–water partition coefficient (Wildman–Crippen LogP) is 1.39. The molecule has 50 heavy (non-hydrogen) atoms. The summed E-state index contributed by atoms with van der Waals surface area (Å²) in [5, 5.41) is 0.641. The number of benzene rings is 5. The predicted molar refractivity (Wildman–Crippen MR) is 188 cm³/mol. The first-order valence-electron chi connectivity index (χ1n) is 15.4. The summed E-state index contributed by atoms with van der Waals surface area (Å²) in [6.45, 7) is 6.21. The summed E-state index contributed by atoms with van der Waals surface area (Å²) in [5.74, 6) is -0.176. The largest absolute Gasteiger partial charge is 1.00 e. The molecule has 5 aromatic rings. The maximum Gasteiger partial charge on any atom is 1.00 e. The molecular weight excluding hydrogens is 714 g/mol. The van der Waals surface area contributed by atoms with Gasteiger partial charge in [-0.3, -0.25) is 0 Å². The number of hydrogen-bond donors (Lipinski definition) is 0. The quantitative estimate of drug-likeness (QED) is 0.101. The average Bonchev–Trinajstić information content (AvgIpc) is 3.07. The molecular formula is C37H35ClN2Na2O6S2. The fourth-order valence-electron chi connectivity index (χ4n) is 5.83. The van der Waals surface area contributed by atoms with Crippen molar-refractivity contribution in [3.63, 3.8) is 0 Å². The minimum atomic E-state index is -4.55. The van der Waals surface area contributed by atoms with Gasteiger partial charge in [0.05, 0.1) is 9.79 Å². The Kier molecular flexibility index (Phi) is 15.6. The van der Waals surface area contributed by atoms with E-state index in [-0.39, 0.29) is 74.8 Å². The van der Waals surface area contributed by atoms with Crippen LogP contribution in [-0.4, -0.2) is 39.0 Å². The summed E-state index contributed by atoms with van der Waals surface area (Å²) >= 11 is 6.75.